The fourth-order valence-corrected chi connectivity index (χ4v) is 7.39. The van der Waals surface area contributed by atoms with Gasteiger partial charge >= 0.3 is 0 Å². The van der Waals surface area contributed by atoms with Crippen molar-refractivity contribution < 1.29 is 18.0 Å². The molecule has 1 aliphatic carbocycles. The van der Waals surface area contributed by atoms with Crippen molar-refractivity contribution in [3.8, 4) is 0 Å². The summed E-state index contributed by atoms with van der Waals surface area (Å²) in [5.41, 5.74) is 3.98. The molecular formula is C37H41N3O4S. The van der Waals surface area contributed by atoms with E-state index >= 15 is 0 Å². The number of benzene rings is 4. The van der Waals surface area contributed by atoms with Crippen molar-refractivity contribution >= 4 is 27.5 Å². The van der Waals surface area contributed by atoms with Crippen LogP contribution in [-0.2, 0) is 32.6 Å². The zero-order chi connectivity index (χ0) is 31.8. The van der Waals surface area contributed by atoms with E-state index in [4.69, 9.17) is 0 Å². The second kappa shape index (κ2) is 14.6. The first-order chi connectivity index (χ1) is 21.7. The van der Waals surface area contributed by atoms with Gasteiger partial charge < -0.3 is 10.2 Å². The zero-order valence-electron chi connectivity index (χ0n) is 25.9. The van der Waals surface area contributed by atoms with E-state index in [1.165, 1.54) is 16.4 Å². The third-order valence-electron chi connectivity index (χ3n) is 8.44. The lowest BCUT2D eigenvalue weighted by molar-refractivity contribution is -0.140. The van der Waals surface area contributed by atoms with Crippen LogP contribution in [0.4, 0.5) is 5.69 Å². The summed E-state index contributed by atoms with van der Waals surface area (Å²) in [7, 11) is -4.12. The van der Waals surface area contributed by atoms with Crippen molar-refractivity contribution in [2.24, 2.45) is 0 Å². The normalized spacial score (nSPS) is 14.1. The van der Waals surface area contributed by atoms with Gasteiger partial charge in [-0.25, -0.2) is 8.42 Å². The lowest BCUT2D eigenvalue weighted by Crippen LogP contribution is -2.54. The lowest BCUT2D eigenvalue weighted by Gasteiger charge is -2.34. The van der Waals surface area contributed by atoms with Gasteiger partial charge in [0, 0.05) is 19.0 Å². The Kier molecular flexibility index (Phi) is 10.4. The predicted molar refractivity (Wildman–Crippen MR) is 178 cm³/mol. The average molecular weight is 624 g/mol. The van der Waals surface area contributed by atoms with E-state index in [0.717, 1.165) is 47.9 Å². The Labute approximate surface area is 266 Å². The van der Waals surface area contributed by atoms with Gasteiger partial charge in [0.15, 0.2) is 0 Å². The summed E-state index contributed by atoms with van der Waals surface area (Å²) in [4.78, 5) is 30.3. The molecule has 45 heavy (non-hydrogen) atoms. The molecule has 8 heteroatoms. The number of aryl methyl sites for hydroxylation is 2. The van der Waals surface area contributed by atoms with Crippen LogP contribution in [0, 0.1) is 13.8 Å². The molecule has 0 radical (unpaired) electrons. The molecule has 0 saturated heterocycles. The van der Waals surface area contributed by atoms with E-state index in [1.54, 1.807) is 35.2 Å². The fraction of sp³-hybridized carbons (Fsp3) is 0.297. The van der Waals surface area contributed by atoms with Gasteiger partial charge in [0.1, 0.15) is 12.6 Å². The minimum absolute atomic E-state index is 0.0639. The summed E-state index contributed by atoms with van der Waals surface area (Å²) in [5.74, 6) is -0.680. The van der Waals surface area contributed by atoms with Gasteiger partial charge in [-0.05, 0) is 61.6 Å². The van der Waals surface area contributed by atoms with Crippen LogP contribution in [-0.4, -0.2) is 43.8 Å². The highest BCUT2D eigenvalue weighted by Gasteiger charge is 2.35. The summed E-state index contributed by atoms with van der Waals surface area (Å²) in [6, 6.07) is 32.0. The Morgan fingerprint density at radius 1 is 0.778 bits per heavy atom. The molecule has 0 unspecified atom stereocenters. The van der Waals surface area contributed by atoms with E-state index < -0.39 is 28.5 Å². The third kappa shape index (κ3) is 8.00. The number of para-hydroxylation sites is 1. The molecule has 0 bridgehead atoms. The van der Waals surface area contributed by atoms with E-state index in [2.05, 4.69) is 5.32 Å². The second-order valence-electron chi connectivity index (χ2n) is 11.8. The van der Waals surface area contributed by atoms with E-state index in [0.29, 0.717) is 12.1 Å². The molecular weight excluding hydrogens is 582 g/mol. The maximum Gasteiger partial charge on any atom is 0.264 e. The zero-order valence-corrected chi connectivity index (χ0v) is 26.7. The molecule has 0 aliphatic heterocycles. The first-order valence-electron chi connectivity index (χ1n) is 15.5. The molecule has 0 heterocycles. The largest absolute Gasteiger partial charge is 0.352 e. The number of amides is 2. The summed E-state index contributed by atoms with van der Waals surface area (Å²) < 4.78 is 29.5. The molecule has 1 N–H and O–H groups in total. The van der Waals surface area contributed by atoms with Crippen molar-refractivity contribution in [1.82, 2.24) is 10.2 Å². The van der Waals surface area contributed by atoms with Crippen molar-refractivity contribution in [3.63, 3.8) is 0 Å². The number of anilines is 1. The molecule has 2 amide bonds. The lowest BCUT2D eigenvalue weighted by atomic mass is 10.0. The summed E-state index contributed by atoms with van der Waals surface area (Å²) in [6.45, 7) is 3.51. The summed E-state index contributed by atoms with van der Waals surface area (Å²) in [6.07, 6.45) is 4.23. The van der Waals surface area contributed by atoms with Crippen LogP contribution >= 0.6 is 0 Å². The molecule has 0 spiro atoms. The first-order valence-corrected chi connectivity index (χ1v) is 17.0. The Morgan fingerprint density at radius 3 is 2.02 bits per heavy atom. The molecule has 4 aromatic rings. The minimum Gasteiger partial charge on any atom is -0.352 e. The molecule has 1 aliphatic rings. The highest BCUT2D eigenvalue weighted by molar-refractivity contribution is 7.92. The summed E-state index contributed by atoms with van der Waals surface area (Å²) in [5, 5.41) is 3.21. The maximum absolute atomic E-state index is 14.6. The third-order valence-corrected chi connectivity index (χ3v) is 10.2. The number of carbonyl (C=O) groups is 2. The van der Waals surface area contributed by atoms with Gasteiger partial charge in [0.05, 0.1) is 10.6 Å². The predicted octanol–water partition coefficient (Wildman–Crippen LogP) is 6.20. The number of carbonyl (C=O) groups excluding carboxylic acids is 2. The van der Waals surface area contributed by atoms with Crippen LogP contribution in [0.1, 0.15) is 47.9 Å². The number of nitrogens with zero attached hydrogens (tertiary/aromatic N) is 2. The van der Waals surface area contributed by atoms with Crippen LogP contribution in [0.5, 0.6) is 0 Å². The van der Waals surface area contributed by atoms with E-state index in [-0.39, 0.29) is 23.4 Å². The van der Waals surface area contributed by atoms with Crippen LogP contribution in [0.15, 0.2) is 114 Å². The van der Waals surface area contributed by atoms with Gasteiger partial charge in [-0.15, -0.1) is 0 Å². The first kappa shape index (κ1) is 32.0. The SMILES string of the molecule is Cc1ccc(CN(C(=O)CN(c2ccccc2C)S(=O)(=O)c2ccccc2)[C@H](Cc2ccccc2)C(=O)NC2CCCC2)cc1. The van der Waals surface area contributed by atoms with E-state index in [1.807, 2.05) is 80.6 Å². The smallest absolute Gasteiger partial charge is 0.264 e. The fourth-order valence-electron chi connectivity index (χ4n) is 5.89. The monoisotopic (exact) mass is 623 g/mol. The molecule has 7 nitrogen and oxygen atoms in total. The van der Waals surface area contributed by atoms with Crippen LogP contribution in [0.25, 0.3) is 0 Å². The highest BCUT2D eigenvalue weighted by Crippen LogP contribution is 2.28. The number of nitrogens with one attached hydrogen (secondary N) is 1. The van der Waals surface area contributed by atoms with Gasteiger partial charge in [0.2, 0.25) is 11.8 Å². The standard InChI is InChI=1S/C37H41N3O4S/c1-28-21-23-31(24-22-28)26-39(35(25-30-14-5-3-6-15-30)37(42)38-32-16-10-11-17-32)36(41)27-40(34-20-12-9-13-29(34)2)45(43,44)33-18-7-4-8-19-33/h3-9,12-15,18-24,32,35H,10-11,16-17,25-27H2,1-2H3,(H,38,42)/t35-/m1/s1. The molecule has 1 atom stereocenters. The molecule has 4 aromatic carbocycles. The van der Waals surface area contributed by atoms with Gasteiger partial charge in [-0.3, -0.25) is 13.9 Å². The Balaban J connectivity index is 1.56. The van der Waals surface area contributed by atoms with Crippen LogP contribution in [0.2, 0.25) is 0 Å². The highest BCUT2D eigenvalue weighted by atomic mass is 32.2. The molecule has 1 saturated carbocycles. The molecule has 5 rings (SSSR count). The van der Waals surface area contributed by atoms with Gasteiger partial charge in [-0.1, -0.05) is 109 Å². The number of hydrogen-bond donors (Lipinski definition) is 1. The molecule has 0 aromatic heterocycles. The van der Waals surface area contributed by atoms with Crippen LogP contribution in [0.3, 0.4) is 0 Å². The molecule has 234 valence electrons. The Morgan fingerprint density at radius 2 is 1.38 bits per heavy atom. The van der Waals surface area contributed by atoms with Crippen molar-refractivity contribution in [2.75, 3.05) is 10.8 Å². The van der Waals surface area contributed by atoms with Gasteiger partial charge in [-0.2, -0.15) is 0 Å². The average Bonchev–Trinajstić information content (AvgIpc) is 3.56. The number of sulfonamides is 1. The van der Waals surface area contributed by atoms with Crippen molar-refractivity contribution in [3.05, 3.63) is 131 Å². The number of hydrogen-bond acceptors (Lipinski definition) is 4. The van der Waals surface area contributed by atoms with Crippen molar-refractivity contribution in [2.45, 2.75) is 69.5 Å². The quantitative estimate of drug-likeness (QED) is 0.204. The summed E-state index contributed by atoms with van der Waals surface area (Å²) >= 11 is 0. The Hall–Kier alpha value is -4.43. The second-order valence-corrected chi connectivity index (χ2v) is 13.7. The van der Waals surface area contributed by atoms with E-state index in [9.17, 15) is 18.0 Å². The topological polar surface area (TPSA) is 86.8 Å². The van der Waals surface area contributed by atoms with Gasteiger partial charge in [0.25, 0.3) is 10.0 Å². The van der Waals surface area contributed by atoms with Crippen LogP contribution < -0.4 is 9.62 Å². The molecule has 1 fully saturated rings. The van der Waals surface area contributed by atoms with Crippen molar-refractivity contribution in [1.29, 1.82) is 0 Å². The Bertz CT molecular complexity index is 1690. The number of rotatable bonds is 12. The maximum atomic E-state index is 14.6. The minimum atomic E-state index is -4.12.